The van der Waals surface area contributed by atoms with Crippen molar-refractivity contribution in [2.45, 2.75) is 19.2 Å². The smallest absolute Gasteiger partial charge is 0.355 e. The van der Waals surface area contributed by atoms with E-state index < -0.39 is 29.2 Å². The van der Waals surface area contributed by atoms with Crippen molar-refractivity contribution >= 4 is 33.7 Å². The number of carbonyl (C=O) groups is 3. The maximum Gasteiger partial charge on any atom is 0.355 e. The van der Waals surface area contributed by atoms with Gasteiger partial charge in [-0.05, 0) is 0 Å². The van der Waals surface area contributed by atoms with Crippen LogP contribution < -0.4 is 5.69 Å². The predicted octanol–water partition coefficient (Wildman–Crippen LogP) is 0.563. The molecule has 92 valence electrons. The van der Waals surface area contributed by atoms with Crippen molar-refractivity contribution in [1.82, 2.24) is 9.13 Å². The molecular weight excluding hydrogens is 296 g/mol. The molecule has 1 aromatic rings. The molecule has 0 amide bonds. The lowest BCUT2D eigenvalue weighted by Gasteiger charge is -2.00. The van der Waals surface area contributed by atoms with Crippen LogP contribution in [0.4, 0.5) is 0 Å². The molecule has 7 nitrogen and oxygen atoms in total. The Hall–Kier alpha value is -1.70. The Morgan fingerprint density at radius 3 is 1.94 bits per heavy atom. The lowest BCUT2D eigenvalue weighted by molar-refractivity contribution is 0.0673. The van der Waals surface area contributed by atoms with Crippen molar-refractivity contribution in [2.75, 3.05) is 0 Å². The normalized spacial score (nSPS) is 10.3. The summed E-state index contributed by atoms with van der Waals surface area (Å²) >= 11 is 2.99. The number of carboxylic acid groups (broad SMARTS) is 1. The van der Waals surface area contributed by atoms with E-state index in [1.165, 1.54) is 0 Å². The minimum absolute atomic E-state index is 0.0241. The van der Waals surface area contributed by atoms with Crippen LogP contribution in [0.3, 0.4) is 0 Å². The fourth-order valence-corrected chi connectivity index (χ4v) is 2.02. The highest BCUT2D eigenvalue weighted by molar-refractivity contribution is 9.08. The molecule has 1 aromatic heterocycles. The van der Waals surface area contributed by atoms with Gasteiger partial charge in [-0.2, -0.15) is 0 Å². The highest BCUT2D eigenvalue weighted by Crippen LogP contribution is 2.12. The highest BCUT2D eigenvalue weighted by atomic mass is 79.9. The molecule has 0 unspecified atom stereocenters. The van der Waals surface area contributed by atoms with Crippen LogP contribution >= 0.6 is 15.9 Å². The molecule has 0 aliphatic carbocycles. The Bertz CT molecular complexity index is 569. The summed E-state index contributed by atoms with van der Waals surface area (Å²) in [6, 6.07) is 0. The molecule has 1 N–H and O–H groups in total. The van der Waals surface area contributed by atoms with E-state index in [0.717, 1.165) is 13.8 Å². The minimum atomic E-state index is -1.44. The second kappa shape index (κ2) is 4.66. The zero-order valence-electron chi connectivity index (χ0n) is 9.06. The summed E-state index contributed by atoms with van der Waals surface area (Å²) in [7, 11) is 0. The summed E-state index contributed by atoms with van der Waals surface area (Å²) in [6.45, 7) is 2.17. The van der Waals surface area contributed by atoms with Crippen LogP contribution in [0.5, 0.6) is 0 Å². The Balaban J connectivity index is 3.85. The Morgan fingerprint density at radius 2 is 1.65 bits per heavy atom. The number of aromatic nitrogens is 2. The molecule has 0 saturated carbocycles. The molecule has 8 heteroatoms. The number of rotatable bonds is 2. The molecular formula is C9H9BrN2O5. The molecule has 1 rings (SSSR count). The molecule has 0 spiro atoms. The third-order valence-corrected chi connectivity index (χ3v) is 2.64. The number of hydrogen-bond donors (Lipinski definition) is 1. The van der Waals surface area contributed by atoms with Gasteiger partial charge >= 0.3 is 11.7 Å². The molecule has 1 heterocycles. The molecule has 0 radical (unpaired) electrons. The van der Waals surface area contributed by atoms with Gasteiger partial charge in [-0.1, -0.05) is 15.9 Å². The van der Waals surface area contributed by atoms with Gasteiger partial charge < -0.3 is 5.11 Å². The third-order valence-electron chi connectivity index (χ3n) is 2.11. The van der Waals surface area contributed by atoms with Crippen molar-refractivity contribution in [2.24, 2.45) is 0 Å². The van der Waals surface area contributed by atoms with E-state index in [2.05, 4.69) is 15.9 Å². The van der Waals surface area contributed by atoms with E-state index in [-0.39, 0.29) is 11.0 Å². The Morgan fingerprint density at radius 1 is 1.18 bits per heavy atom. The summed E-state index contributed by atoms with van der Waals surface area (Å²) in [5.74, 6) is -2.84. The van der Waals surface area contributed by atoms with Gasteiger partial charge in [0, 0.05) is 19.2 Å². The summed E-state index contributed by atoms with van der Waals surface area (Å²) < 4.78 is 1.14. The van der Waals surface area contributed by atoms with Crippen molar-refractivity contribution < 1.29 is 19.5 Å². The van der Waals surface area contributed by atoms with Gasteiger partial charge in [0.25, 0.3) is 0 Å². The van der Waals surface area contributed by atoms with Crippen molar-refractivity contribution in [1.29, 1.82) is 0 Å². The van der Waals surface area contributed by atoms with Gasteiger partial charge in [0.1, 0.15) is 0 Å². The number of alkyl halides is 1. The van der Waals surface area contributed by atoms with Crippen LogP contribution in [-0.2, 0) is 5.33 Å². The van der Waals surface area contributed by atoms with Crippen molar-refractivity contribution in [3.8, 4) is 0 Å². The van der Waals surface area contributed by atoms with Gasteiger partial charge in [0.05, 0.1) is 5.69 Å². The maximum atomic E-state index is 11.8. The number of nitrogens with zero attached hydrogens (tertiary/aromatic N) is 2. The van der Waals surface area contributed by atoms with Gasteiger partial charge in [-0.15, -0.1) is 0 Å². The summed E-state index contributed by atoms with van der Waals surface area (Å²) in [6.07, 6.45) is 0. The van der Waals surface area contributed by atoms with Crippen LogP contribution in [0.1, 0.15) is 39.6 Å². The van der Waals surface area contributed by atoms with Crippen LogP contribution in [0.15, 0.2) is 4.79 Å². The number of aromatic carboxylic acids is 1. The first-order valence-electron chi connectivity index (χ1n) is 4.50. The summed E-state index contributed by atoms with van der Waals surface area (Å²) in [5, 5.41) is 8.96. The van der Waals surface area contributed by atoms with E-state index in [4.69, 9.17) is 5.11 Å². The van der Waals surface area contributed by atoms with Gasteiger partial charge in [-0.25, -0.2) is 18.7 Å². The molecule has 0 aliphatic heterocycles. The van der Waals surface area contributed by atoms with Gasteiger partial charge in [0.15, 0.2) is 5.69 Å². The largest absolute Gasteiger partial charge is 0.477 e. The van der Waals surface area contributed by atoms with Crippen molar-refractivity contribution in [3.05, 3.63) is 21.9 Å². The number of hydrogen-bond acceptors (Lipinski definition) is 4. The average Bonchev–Trinajstić information content (AvgIpc) is 2.50. The highest BCUT2D eigenvalue weighted by Gasteiger charge is 2.27. The summed E-state index contributed by atoms with van der Waals surface area (Å²) in [5.41, 5.74) is -1.50. The molecule has 0 aliphatic rings. The molecule has 0 bridgehead atoms. The topological polar surface area (TPSA) is 98.4 Å². The predicted molar refractivity (Wildman–Crippen MR) is 60.9 cm³/mol. The van der Waals surface area contributed by atoms with E-state index >= 15 is 0 Å². The minimum Gasteiger partial charge on any atom is -0.477 e. The first kappa shape index (κ1) is 13.4. The van der Waals surface area contributed by atoms with Crippen molar-refractivity contribution in [3.63, 3.8) is 0 Å². The zero-order chi connectivity index (χ0) is 13.3. The lowest BCUT2D eigenvalue weighted by atomic mass is 10.3. The molecule has 0 aromatic carbocycles. The van der Waals surface area contributed by atoms with E-state index in [0.29, 0.717) is 9.13 Å². The second-order valence-corrected chi connectivity index (χ2v) is 3.79. The molecule has 0 saturated heterocycles. The number of carboxylic acids is 1. The third kappa shape index (κ3) is 2.07. The maximum absolute atomic E-state index is 11.8. The average molecular weight is 305 g/mol. The van der Waals surface area contributed by atoms with Crippen LogP contribution in [-0.4, -0.2) is 32.0 Å². The molecule has 0 fully saturated rings. The zero-order valence-corrected chi connectivity index (χ0v) is 10.6. The standard InChI is InChI=1S/C9H9BrN2O5/c1-4(13)11-6(3-10)7(8(15)16)12(5(2)14)9(11)17/h3H2,1-2H3,(H,15,16). The fraction of sp³-hybridized carbons (Fsp3) is 0.333. The Kier molecular flexibility index (Phi) is 3.66. The van der Waals surface area contributed by atoms with Crippen LogP contribution in [0.2, 0.25) is 0 Å². The van der Waals surface area contributed by atoms with E-state index in [1.807, 2.05) is 0 Å². The van der Waals surface area contributed by atoms with Gasteiger partial charge in [0.2, 0.25) is 11.8 Å². The van der Waals surface area contributed by atoms with Crippen LogP contribution in [0.25, 0.3) is 0 Å². The Labute approximate surface area is 104 Å². The van der Waals surface area contributed by atoms with E-state index in [9.17, 15) is 19.2 Å². The van der Waals surface area contributed by atoms with Crippen LogP contribution in [0, 0.1) is 0 Å². The summed E-state index contributed by atoms with van der Waals surface area (Å²) in [4.78, 5) is 45.3. The quantitative estimate of drug-likeness (QED) is 0.805. The number of imidazole rings is 1. The number of carbonyl (C=O) groups excluding carboxylic acids is 2. The molecule has 17 heavy (non-hydrogen) atoms. The van der Waals surface area contributed by atoms with Gasteiger partial charge in [-0.3, -0.25) is 9.59 Å². The monoisotopic (exact) mass is 304 g/mol. The lowest BCUT2D eigenvalue weighted by Crippen LogP contribution is -2.31. The first-order valence-corrected chi connectivity index (χ1v) is 5.62. The fourth-order valence-electron chi connectivity index (χ4n) is 1.51. The number of halogens is 1. The second-order valence-electron chi connectivity index (χ2n) is 3.23. The van der Waals surface area contributed by atoms with E-state index in [1.54, 1.807) is 0 Å². The SMILES string of the molecule is CC(=O)n1c(CBr)c(C(=O)O)n(C(C)=O)c1=O. The first-order chi connectivity index (χ1) is 7.82. The molecule has 0 atom stereocenters.